The zero-order chi connectivity index (χ0) is 19.2. The van der Waals surface area contributed by atoms with Gasteiger partial charge in [0.15, 0.2) is 0 Å². The number of nitrogens with zero attached hydrogens (tertiary/aromatic N) is 1. The van der Waals surface area contributed by atoms with E-state index < -0.39 is 0 Å². The number of benzene rings is 3. The van der Waals surface area contributed by atoms with Crippen LogP contribution in [0, 0.1) is 0 Å². The molecule has 28 heavy (non-hydrogen) atoms. The van der Waals surface area contributed by atoms with Crippen molar-refractivity contribution in [3.8, 4) is 0 Å². The summed E-state index contributed by atoms with van der Waals surface area (Å²) in [5.41, 5.74) is 3.28. The lowest BCUT2D eigenvalue weighted by atomic mass is 10.1. The lowest BCUT2D eigenvalue weighted by Crippen LogP contribution is -2.36. The second-order valence-corrected chi connectivity index (χ2v) is 7.19. The predicted octanol–water partition coefficient (Wildman–Crippen LogP) is 4.04. The highest BCUT2D eigenvalue weighted by molar-refractivity contribution is 5.98. The SMILES string of the molecule is O=C(NCCCc1ccc(N2CCOCC2)cc1)c1ccc2ccccc2c1. The van der Waals surface area contributed by atoms with Crippen LogP contribution in [-0.4, -0.2) is 38.8 Å². The van der Waals surface area contributed by atoms with E-state index in [4.69, 9.17) is 4.74 Å². The Morgan fingerprint density at radius 3 is 2.46 bits per heavy atom. The third-order valence-electron chi connectivity index (χ3n) is 5.25. The maximum Gasteiger partial charge on any atom is 0.251 e. The van der Waals surface area contributed by atoms with Crippen LogP contribution in [0.5, 0.6) is 0 Å². The highest BCUT2D eigenvalue weighted by Crippen LogP contribution is 2.18. The summed E-state index contributed by atoms with van der Waals surface area (Å²) in [7, 11) is 0. The van der Waals surface area contributed by atoms with Crippen LogP contribution >= 0.6 is 0 Å². The van der Waals surface area contributed by atoms with E-state index in [1.54, 1.807) is 0 Å². The summed E-state index contributed by atoms with van der Waals surface area (Å²) in [6.45, 7) is 4.20. The van der Waals surface area contributed by atoms with Gasteiger partial charge in [-0.3, -0.25) is 4.79 Å². The number of carbonyl (C=O) groups excluding carboxylic acids is 1. The van der Waals surface area contributed by atoms with Crippen molar-refractivity contribution in [3.05, 3.63) is 77.9 Å². The maximum absolute atomic E-state index is 12.4. The van der Waals surface area contributed by atoms with Gasteiger partial charge in [0.1, 0.15) is 0 Å². The van der Waals surface area contributed by atoms with E-state index in [1.807, 2.05) is 36.4 Å². The van der Waals surface area contributed by atoms with Crippen LogP contribution in [-0.2, 0) is 11.2 Å². The van der Waals surface area contributed by atoms with E-state index in [2.05, 4.69) is 40.5 Å². The Labute approximate surface area is 166 Å². The minimum absolute atomic E-state index is 0.00609. The van der Waals surface area contributed by atoms with Crippen LogP contribution in [0.25, 0.3) is 10.8 Å². The molecule has 1 fully saturated rings. The van der Waals surface area contributed by atoms with Crippen LogP contribution in [0.15, 0.2) is 66.7 Å². The lowest BCUT2D eigenvalue weighted by Gasteiger charge is -2.28. The third kappa shape index (κ3) is 4.52. The van der Waals surface area contributed by atoms with E-state index >= 15 is 0 Å². The molecule has 0 bridgehead atoms. The summed E-state index contributed by atoms with van der Waals surface area (Å²) in [5, 5.41) is 5.28. The highest BCUT2D eigenvalue weighted by atomic mass is 16.5. The standard InChI is InChI=1S/C24H26N2O2/c27-24(22-10-9-20-5-1-2-6-21(20)18-22)25-13-3-4-19-7-11-23(12-8-19)26-14-16-28-17-15-26/h1-2,5-12,18H,3-4,13-17H2,(H,25,27). The average molecular weight is 374 g/mol. The molecule has 1 aliphatic heterocycles. The molecule has 1 aliphatic rings. The summed E-state index contributed by atoms with van der Waals surface area (Å²) in [6.07, 6.45) is 1.89. The van der Waals surface area contributed by atoms with Crippen molar-refractivity contribution >= 4 is 22.4 Å². The Hall–Kier alpha value is -2.85. The number of amides is 1. The molecule has 0 radical (unpaired) electrons. The molecule has 0 atom stereocenters. The normalized spacial score (nSPS) is 14.2. The van der Waals surface area contributed by atoms with Crippen molar-refractivity contribution in [2.45, 2.75) is 12.8 Å². The lowest BCUT2D eigenvalue weighted by molar-refractivity contribution is 0.0953. The summed E-state index contributed by atoms with van der Waals surface area (Å²) in [4.78, 5) is 14.8. The Kier molecular flexibility index (Phi) is 5.88. The van der Waals surface area contributed by atoms with Gasteiger partial charge in [-0.1, -0.05) is 42.5 Å². The molecule has 0 aliphatic carbocycles. The number of aryl methyl sites for hydroxylation is 1. The van der Waals surface area contributed by atoms with Crippen molar-refractivity contribution in [2.75, 3.05) is 37.7 Å². The minimum Gasteiger partial charge on any atom is -0.378 e. The van der Waals surface area contributed by atoms with E-state index in [1.165, 1.54) is 11.3 Å². The fraction of sp³-hybridized carbons (Fsp3) is 0.292. The summed E-state index contributed by atoms with van der Waals surface area (Å²) >= 11 is 0. The number of carbonyl (C=O) groups is 1. The number of rotatable bonds is 6. The van der Waals surface area contributed by atoms with Crippen LogP contribution < -0.4 is 10.2 Å². The number of ether oxygens (including phenoxy) is 1. The first-order valence-corrected chi connectivity index (χ1v) is 9.98. The molecule has 4 heteroatoms. The summed E-state index contributed by atoms with van der Waals surface area (Å²) < 4.78 is 5.41. The Morgan fingerprint density at radius 1 is 0.929 bits per heavy atom. The third-order valence-corrected chi connectivity index (χ3v) is 5.25. The molecule has 4 rings (SSSR count). The molecular formula is C24H26N2O2. The van der Waals surface area contributed by atoms with Crippen molar-refractivity contribution in [2.24, 2.45) is 0 Å². The van der Waals surface area contributed by atoms with Crippen molar-refractivity contribution < 1.29 is 9.53 Å². The van der Waals surface area contributed by atoms with Crippen molar-refractivity contribution in [1.82, 2.24) is 5.32 Å². The number of nitrogens with one attached hydrogen (secondary N) is 1. The monoisotopic (exact) mass is 374 g/mol. The van der Waals surface area contributed by atoms with Gasteiger partial charge < -0.3 is 15.0 Å². The number of fused-ring (bicyclic) bond motifs is 1. The van der Waals surface area contributed by atoms with Gasteiger partial charge in [-0.25, -0.2) is 0 Å². The summed E-state index contributed by atoms with van der Waals surface area (Å²) in [6, 6.07) is 22.7. The smallest absolute Gasteiger partial charge is 0.251 e. The molecular weight excluding hydrogens is 348 g/mol. The zero-order valence-corrected chi connectivity index (χ0v) is 16.1. The Morgan fingerprint density at radius 2 is 1.68 bits per heavy atom. The molecule has 144 valence electrons. The van der Waals surface area contributed by atoms with Crippen LogP contribution in [0.1, 0.15) is 22.3 Å². The second-order valence-electron chi connectivity index (χ2n) is 7.19. The first-order chi connectivity index (χ1) is 13.8. The van der Waals surface area contributed by atoms with Gasteiger partial charge in [0.2, 0.25) is 0 Å². The molecule has 0 unspecified atom stereocenters. The zero-order valence-electron chi connectivity index (χ0n) is 16.1. The molecule has 3 aromatic carbocycles. The largest absolute Gasteiger partial charge is 0.378 e. The molecule has 0 spiro atoms. The number of hydrogen-bond acceptors (Lipinski definition) is 3. The maximum atomic E-state index is 12.4. The molecule has 1 amide bonds. The Bertz CT molecular complexity index is 931. The van der Waals surface area contributed by atoms with Gasteiger partial charge in [-0.05, 0) is 53.4 Å². The fourth-order valence-corrected chi connectivity index (χ4v) is 3.62. The van der Waals surface area contributed by atoms with Crippen LogP contribution in [0.4, 0.5) is 5.69 Å². The van der Waals surface area contributed by atoms with E-state index in [0.717, 1.165) is 49.9 Å². The first-order valence-electron chi connectivity index (χ1n) is 9.98. The number of hydrogen-bond donors (Lipinski definition) is 1. The van der Waals surface area contributed by atoms with E-state index in [0.29, 0.717) is 12.1 Å². The number of morpholine rings is 1. The van der Waals surface area contributed by atoms with Gasteiger partial charge >= 0.3 is 0 Å². The summed E-state index contributed by atoms with van der Waals surface area (Å²) in [5.74, 6) is -0.00609. The Balaban J connectivity index is 1.25. The molecule has 1 heterocycles. The second kappa shape index (κ2) is 8.89. The number of anilines is 1. The molecule has 0 saturated carbocycles. The van der Waals surface area contributed by atoms with Gasteiger partial charge in [0.25, 0.3) is 5.91 Å². The van der Waals surface area contributed by atoms with Crippen LogP contribution in [0.2, 0.25) is 0 Å². The van der Waals surface area contributed by atoms with E-state index in [-0.39, 0.29) is 5.91 Å². The molecule has 3 aromatic rings. The first kappa shape index (κ1) is 18.5. The molecule has 1 saturated heterocycles. The van der Waals surface area contributed by atoms with Gasteiger partial charge in [0.05, 0.1) is 13.2 Å². The molecule has 4 nitrogen and oxygen atoms in total. The quantitative estimate of drug-likeness (QED) is 0.662. The molecule has 1 N–H and O–H groups in total. The van der Waals surface area contributed by atoms with Gasteiger partial charge in [0, 0.05) is 30.9 Å². The van der Waals surface area contributed by atoms with Crippen molar-refractivity contribution in [1.29, 1.82) is 0 Å². The predicted molar refractivity (Wildman–Crippen MR) is 114 cm³/mol. The van der Waals surface area contributed by atoms with Gasteiger partial charge in [-0.15, -0.1) is 0 Å². The topological polar surface area (TPSA) is 41.6 Å². The minimum atomic E-state index is -0.00609. The van der Waals surface area contributed by atoms with Crippen molar-refractivity contribution in [3.63, 3.8) is 0 Å². The average Bonchev–Trinajstić information content (AvgIpc) is 2.77. The molecule has 0 aromatic heterocycles. The van der Waals surface area contributed by atoms with Gasteiger partial charge in [-0.2, -0.15) is 0 Å². The fourth-order valence-electron chi connectivity index (χ4n) is 3.62. The van der Waals surface area contributed by atoms with E-state index in [9.17, 15) is 4.79 Å². The van der Waals surface area contributed by atoms with Crippen LogP contribution in [0.3, 0.4) is 0 Å². The highest BCUT2D eigenvalue weighted by Gasteiger charge is 2.10.